The van der Waals surface area contributed by atoms with Crippen LogP contribution >= 0.6 is 0 Å². The molecule has 44 heavy (non-hydrogen) atoms. The minimum Gasteiger partial charge on any atom is -0.484 e. The number of aromatic nitrogens is 6. The first kappa shape index (κ1) is 28.8. The molecule has 1 saturated heterocycles. The number of hydrogen-bond donors (Lipinski definition) is 2. The van der Waals surface area contributed by atoms with Crippen molar-refractivity contribution in [1.82, 2.24) is 38.8 Å². The third-order valence-electron chi connectivity index (χ3n) is 7.22. The summed E-state index contributed by atoms with van der Waals surface area (Å²) >= 11 is 0. The van der Waals surface area contributed by atoms with E-state index in [1.165, 1.54) is 4.52 Å². The van der Waals surface area contributed by atoms with E-state index in [0.29, 0.717) is 46.3 Å². The highest BCUT2D eigenvalue weighted by atomic mass is 32.2. The topological polar surface area (TPSA) is 170 Å². The fourth-order valence-electron chi connectivity index (χ4n) is 5.14. The molecule has 1 fully saturated rings. The standard InChI is InChI=1S/C28H29N11O4S/c1-30-23-17-21-26(33-28(29)39-27(21)32-25(34-39)22-5-3-4-10-31-22)38(23)16-13-36-11-14-37(15-12-36)19-6-8-20(9-7-19)43-18-24(40)35-44(2,41)42/h3-10,17H,11-16,18H2,2H3,(H2,29,33)(H,35,40). The summed E-state index contributed by atoms with van der Waals surface area (Å²) in [5.74, 6) is 0.805. The van der Waals surface area contributed by atoms with Gasteiger partial charge in [0.2, 0.25) is 33.3 Å². The van der Waals surface area contributed by atoms with Crippen molar-refractivity contribution < 1.29 is 17.9 Å². The molecule has 0 radical (unpaired) electrons. The SMILES string of the molecule is [C-]#[N+]c1cc2c(nc(N)n3nc(-c4ccccn4)nc23)n1CCN1CCN(c2ccc(OCC(=O)NS(C)(=O)=O)cc2)CC1. The Kier molecular flexibility index (Phi) is 7.72. The molecule has 15 nitrogen and oxygen atoms in total. The van der Waals surface area contributed by atoms with Crippen LogP contribution in [0.5, 0.6) is 5.75 Å². The number of anilines is 2. The zero-order chi connectivity index (χ0) is 30.8. The summed E-state index contributed by atoms with van der Waals surface area (Å²) in [5.41, 5.74) is 9.04. The molecule has 0 saturated carbocycles. The average molecular weight is 616 g/mol. The summed E-state index contributed by atoms with van der Waals surface area (Å²) < 4.78 is 32.9. The van der Waals surface area contributed by atoms with Gasteiger partial charge in [-0.25, -0.2) is 13.4 Å². The molecule has 1 aliphatic heterocycles. The normalized spacial score (nSPS) is 14.1. The van der Waals surface area contributed by atoms with E-state index in [-0.39, 0.29) is 5.95 Å². The summed E-state index contributed by atoms with van der Waals surface area (Å²) in [7, 11) is -3.62. The van der Waals surface area contributed by atoms with Gasteiger partial charge in [0.15, 0.2) is 12.3 Å². The molecule has 4 aromatic heterocycles. The molecule has 0 aliphatic carbocycles. The third kappa shape index (κ3) is 6.09. The summed E-state index contributed by atoms with van der Waals surface area (Å²) in [6, 6.07) is 14.6. The van der Waals surface area contributed by atoms with E-state index in [2.05, 4.69) is 34.7 Å². The second kappa shape index (κ2) is 11.8. The summed E-state index contributed by atoms with van der Waals surface area (Å²) in [5, 5.41) is 5.20. The number of nitrogens with two attached hydrogens (primary N) is 1. The van der Waals surface area contributed by atoms with Crippen LogP contribution < -0.4 is 20.1 Å². The van der Waals surface area contributed by atoms with E-state index in [4.69, 9.17) is 17.0 Å². The molecule has 3 N–H and O–H groups in total. The number of nitrogen functional groups attached to an aromatic ring is 1. The quantitative estimate of drug-likeness (QED) is 0.231. The lowest BCUT2D eigenvalue weighted by Gasteiger charge is -2.36. The van der Waals surface area contributed by atoms with Crippen molar-refractivity contribution in [2.24, 2.45) is 0 Å². The van der Waals surface area contributed by atoms with Crippen LogP contribution in [0.3, 0.4) is 0 Å². The van der Waals surface area contributed by atoms with Crippen molar-refractivity contribution in [2.45, 2.75) is 6.54 Å². The summed E-state index contributed by atoms with van der Waals surface area (Å²) in [4.78, 5) is 33.6. The number of piperazine rings is 1. The number of rotatable bonds is 9. The second-order valence-corrected chi connectivity index (χ2v) is 12.0. The van der Waals surface area contributed by atoms with Crippen LogP contribution in [0.25, 0.3) is 33.0 Å². The Labute approximate surface area is 252 Å². The first-order valence-electron chi connectivity index (χ1n) is 13.7. The van der Waals surface area contributed by atoms with Crippen LogP contribution in [-0.2, 0) is 21.4 Å². The highest BCUT2D eigenvalue weighted by Gasteiger charge is 2.23. The maximum Gasteiger partial charge on any atom is 0.271 e. The molecule has 5 aromatic rings. The van der Waals surface area contributed by atoms with Gasteiger partial charge in [-0.1, -0.05) is 12.6 Å². The number of benzene rings is 1. The van der Waals surface area contributed by atoms with Crippen molar-refractivity contribution in [3.63, 3.8) is 0 Å². The third-order valence-corrected chi connectivity index (χ3v) is 7.82. The molecule has 16 heteroatoms. The van der Waals surface area contributed by atoms with Crippen molar-refractivity contribution >= 4 is 50.1 Å². The van der Waals surface area contributed by atoms with Gasteiger partial charge in [-0.3, -0.25) is 24.0 Å². The number of ether oxygens (including phenoxy) is 1. The Morgan fingerprint density at radius 1 is 1.07 bits per heavy atom. The van der Waals surface area contributed by atoms with Crippen molar-refractivity contribution in [1.29, 1.82) is 0 Å². The van der Waals surface area contributed by atoms with E-state index < -0.39 is 22.5 Å². The van der Waals surface area contributed by atoms with E-state index in [1.54, 1.807) is 24.4 Å². The second-order valence-electron chi connectivity index (χ2n) is 10.3. The Morgan fingerprint density at radius 2 is 1.84 bits per heavy atom. The van der Waals surface area contributed by atoms with Gasteiger partial charge in [-0.05, 0) is 42.5 Å². The monoisotopic (exact) mass is 615 g/mol. The average Bonchev–Trinajstić information content (AvgIpc) is 3.62. The van der Waals surface area contributed by atoms with Gasteiger partial charge in [0.25, 0.3) is 5.91 Å². The van der Waals surface area contributed by atoms with Gasteiger partial charge >= 0.3 is 0 Å². The van der Waals surface area contributed by atoms with Gasteiger partial charge in [0.1, 0.15) is 11.4 Å². The number of nitrogens with zero attached hydrogens (tertiary/aromatic N) is 9. The van der Waals surface area contributed by atoms with Gasteiger partial charge < -0.3 is 20.2 Å². The Bertz CT molecular complexity index is 1980. The first-order valence-corrected chi connectivity index (χ1v) is 15.6. The van der Waals surface area contributed by atoms with Crippen LogP contribution in [0.1, 0.15) is 0 Å². The highest BCUT2D eigenvalue weighted by Crippen LogP contribution is 2.30. The molecule has 1 aromatic carbocycles. The lowest BCUT2D eigenvalue weighted by molar-refractivity contribution is -0.121. The zero-order valence-corrected chi connectivity index (χ0v) is 24.6. The molecule has 1 aliphatic rings. The number of sulfonamides is 1. The van der Waals surface area contributed by atoms with Crippen LogP contribution in [-0.4, -0.2) is 93.9 Å². The largest absolute Gasteiger partial charge is 0.484 e. The molecule has 5 heterocycles. The number of hydrogen-bond acceptors (Lipinski definition) is 11. The molecular weight excluding hydrogens is 586 g/mol. The maximum absolute atomic E-state index is 11.7. The molecule has 0 atom stereocenters. The number of fused-ring (bicyclic) bond motifs is 3. The molecule has 0 bridgehead atoms. The van der Waals surface area contributed by atoms with Crippen LogP contribution in [0, 0.1) is 6.57 Å². The van der Waals surface area contributed by atoms with E-state index >= 15 is 0 Å². The zero-order valence-electron chi connectivity index (χ0n) is 23.8. The fourth-order valence-corrected chi connectivity index (χ4v) is 5.61. The minimum atomic E-state index is -3.62. The Hall–Kier alpha value is -5.27. The summed E-state index contributed by atoms with van der Waals surface area (Å²) in [6.07, 6.45) is 2.59. The van der Waals surface area contributed by atoms with Crippen molar-refractivity contribution in [3.8, 4) is 17.3 Å². The van der Waals surface area contributed by atoms with Crippen LogP contribution in [0.2, 0.25) is 0 Å². The maximum atomic E-state index is 11.7. The van der Waals surface area contributed by atoms with E-state index in [0.717, 1.165) is 44.7 Å². The molecule has 1 amide bonds. The molecule has 226 valence electrons. The number of pyridine rings is 1. The predicted octanol–water partition coefficient (Wildman–Crippen LogP) is 1.55. The van der Waals surface area contributed by atoms with Crippen molar-refractivity contribution in [2.75, 3.05) is 56.2 Å². The van der Waals surface area contributed by atoms with Gasteiger partial charge in [-0.15, -0.1) is 5.10 Å². The lowest BCUT2D eigenvalue weighted by atomic mass is 10.2. The molecule has 0 unspecified atom stereocenters. The highest BCUT2D eigenvalue weighted by molar-refractivity contribution is 7.89. The molecular formula is C28H29N11O4S. The number of amides is 1. The number of nitrogens with one attached hydrogen (secondary N) is 1. The van der Waals surface area contributed by atoms with Gasteiger partial charge in [0, 0.05) is 44.6 Å². The smallest absolute Gasteiger partial charge is 0.271 e. The molecule has 0 spiro atoms. The Balaban J connectivity index is 1.09. The van der Waals surface area contributed by atoms with Gasteiger partial charge in [-0.2, -0.15) is 9.50 Å². The number of carbonyl (C=O) groups is 1. The van der Waals surface area contributed by atoms with E-state index in [9.17, 15) is 13.2 Å². The lowest BCUT2D eigenvalue weighted by Crippen LogP contribution is -2.47. The van der Waals surface area contributed by atoms with E-state index in [1.807, 2.05) is 39.6 Å². The summed E-state index contributed by atoms with van der Waals surface area (Å²) in [6.45, 7) is 11.9. The van der Waals surface area contributed by atoms with Gasteiger partial charge in [0.05, 0.1) is 18.2 Å². The Morgan fingerprint density at radius 3 is 2.52 bits per heavy atom. The fraction of sp³-hybridized carbons (Fsp3) is 0.286. The number of carbonyl (C=O) groups excluding carboxylic acids is 1. The minimum absolute atomic E-state index is 0.181. The predicted molar refractivity (Wildman–Crippen MR) is 164 cm³/mol. The molecule has 6 rings (SSSR count). The van der Waals surface area contributed by atoms with Crippen LogP contribution in [0.4, 0.5) is 17.5 Å². The van der Waals surface area contributed by atoms with Crippen molar-refractivity contribution in [3.05, 3.63) is 66.1 Å². The van der Waals surface area contributed by atoms with Crippen LogP contribution in [0.15, 0.2) is 54.7 Å². The first-order chi connectivity index (χ1) is 21.2.